The van der Waals surface area contributed by atoms with Crippen molar-refractivity contribution in [3.8, 4) is 5.75 Å². The third-order valence-electron chi connectivity index (χ3n) is 2.88. The molecule has 17 heavy (non-hydrogen) atoms. The van der Waals surface area contributed by atoms with Gasteiger partial charge in [0.15, 0.2) is 0 Å². The molecule has 0 spiro atoms. The molecule has 0 saturated carbocycles. The third-order valence-corrected chi connectivity index (χ3v) is 2.88. The molecule has 2 N–H and O–H groups in total. The molecule has 1 atom stereocenters. The van der Waals surface area contributed by atoms with E-state index in [4.69, 9.17) is 10.5 Å². The maximum Gasteiger partial charge on any atom is 0.247 e. The summed E-state index contributed by atoms with van der Waals surface area (Å²) in [6, 6.07) is 5.06. The van der Waals surface area contributed by atoms with Crippen LogP contribution in [-0.2, 0) is 4.79 Å². The summed E-state index contributed by atoms with van der Waals surface area (Å²) in [5.74, 6) is 0.543. The number of carbonyl (C=O) groups is 1. The summed E-state index contributed by atoms with van der Waals surface area (Å²) < 4.78 is 5.56. The standard InChI is InChI=1S/C13H16N2O2/c1-8(2)9-4-5-11-12(6-9)17-7-10(14)13(16)15(11)3/h4-6,10H,1,7,14H2,2-3H3/t10-/m0/s1. The lowest BCUT2D eigenvalue weighted by molar-refractivity contribution is -0.119. The van der Waals surface area contributed by atoms with Gasteiger partial charge >= 0.3 is 0 Å². The summed E-state index contributed by atoms with van der Waals surface area (Å²) in [5.41, 5.74) is 8.41. The first-order chi connectivity index (χ1) is 8.00. The number of benzene rings is 1. The Kier molecular flexibility index (Phi) is 2.90. The van der Waals surface area contributed by atoms with E-state index in [2.05, 4.69) is 6.58 Å². The largest absolute Gasteiger partial charge is 0.489 e. The van der Waals surface area contributed by atoms with Crippen LogP contribution in [0.1, 0.15) is 12.5 Å². The molecule has 0 unspecified atom stereocenters. The summed E-state index contributed by atoms with van der Waals surface area (Å²) in [7, 11) is 1.70. The molecule has 0 fully saturated rings. The number of ether oxygens (including phenoxy) is 1. The van der Waals surface area contributed by atoms with Gasteiger partial charge in [0.05, 0.1) is 5.69 Å². The molecule has 1 amide bonds. The zero-order valence-corrected chi connectivity index (χ0v) is 10.1. The summed E-state index contributed by atoms with van der Waals surface area (Å²) in [6.07, 6.45) is 0. The Morgan fingerprint density at radius 2 is 2.29 bits per heavy atom. The highest BCUT2D eigenvalue weighted by molar-refractivity contribution is 5.98. The maximum absolute atomic E-state index is 11.8. The minimum atomic E-state index is -0.610. The number of likely N-dealkylation sites (N-methyl/N-ethyl adjacent to an activating group) is 1. The van der Waals surface area contributed by atoms with E-state index in [9.17, 15) is 4.79 Å². The van der Waals surface area contributed by atoms with E-state index in [0.717, 1.165) is 16.8 Å². The Balaban J connectivity index is 2.47. The number of fused-ring (bicyclic) bond motifs is 1. The molecule has 1 aliphatic heterocycles. The van der Waals surface area contributed by atoms with E-state index in [0.29, 0.717) is 5.75 Å². The van der Waals surface area contributed by atoms with Gasteiger partial charge in [0.1, 0.15) is 18.4 Å². The molecule has 90 valence electrons. The highest BCUT2D eigenvalue weighted by atomic mass is 16.5. The van der Waals surface area contributed by atoms with Crippen LogP contribution in [0.3, 0.4) is 0 Å². The van der Waals surface area contributed by atoms with Crippen molar-refractivity contribution < 1.29 is 9.53 Å². The summed E-state index contributed by atoms with van der Waals surface area (Å²) in [5, 5.41) is 0. The number of nitrogens with zero attached hydrogens (tertiary/aromatic N) is 1. The minimum Gasteiger partial charge on any atom is -0.489 e. The quantitative estimate of drug-likeness (QED) is 0.796. The van der Waals surface area contributed by atoms with Gasteiger partial charge in [0.2, 0.25) is 5.91 Å². The van der Waals surface area contributed by atoms with E-state index in [-0.39, 0.29) is 12.5 Å². The zero-order chi connectivity index (χ0) is 12.6. The number of allylic oxidation sites excluding steroid dienone is 1. The smallest absolute Gasteiger partial charge is 0.247 e. The van der Waals surface area contributed by atoms with Crippen molar-refractivity contribution in [1.82, 2.24) is 0 Å². The number of nitrogens with two attached hydrogens (primary N) is 1. The first kappa shape index (κ1) is 11.7. The van der Waals surface area contributed by atoms with Gasteiger partial charge in [-0.3, -0.25) is 4.79 Å². The van der Waals surface area contributed by atoms with Gasteiger partial charge in [-0.1, -0.05) is 18.2 Å². The van der Waals surface area contributed by atoms with E-state index in [1.165, 1.54) is 4.90 Å². The number of anilines is 1. The van der Waals surface area contributed by atoms with Crippen LogP contribution in [0.5, 0.6) is 5.75 Å². The van der Waals surface area contributed by atoms with Crippen LogP contribution in [-0.4, -0.2) is 25.6 Å². The lowest BCUT2D eigenvalue weighted by atomic mass is 10.1. The number of rotatable bonds is 1. The summed E-state index contributed by atoms with van der Waals surface area (Å²) in [6.45, 7) is 6.02. The normalized spacial score (nSPS) is 19.4. The second-order valence-corrected chi connectivity index (χ2v) is 4.28. The fourth-order valence-electron chi connectivity index (χ4n) is 1.79. The summed E-state index contributed by atoms with van der Waals surface area (Å²) >= 11 is 0. The Bertz CT molecular complexity index is 482. The molecule has 0 saturated heterocycles. The molecule has 0 radical (unpaired) electrons. The molecular weight excluding hydrogens is 216 g/mol. The van der Waals surface area contributed by atoms with Crippen LogP contribution in [0.4, 0.5) is 5.69 Å². The second-order valence-electron chi connectivity index (χ2n) is 4.28. The maximum atomic E-state index is 11.8. The zero-order valence-electron chi connectivity index (χ0n) is 10.1. The Labute approximate surface area is 101 Å². The van der Waals surface area contributed by atoms with Crippen LogP contribution >= 0.6 is 0 Å². The average molecular weight is 232 g/mol. The van der Waals surface area contributed by atoms with Gasteiger partial charge in [0, 0.05) is 7.05 Å². The van der Waals surface area contributed by atoms with Gasteiger partial charge in [-0.25, -0.2) is 0 Å². The van der Waals surface area contributed by atoms with E-state index >= 15 is 0 Å². The van der Waals surface area contributed by atoms with Crippen molar-refractivity contribution in [2.24, 2.45) is 5.73 Å². The lowest BCUT2D eigenvalue weighted by Crippen LogP contribution is -2.43. The topological polar surface area (TPSA) is 55.6 Å². The van der Waals surface area contributed by atoms with Gasteiger partial charge in [-0.2, -0.15) is 0 Å². The van der Waals surface area contributed by atoms with Gasteiger partial charge in [-0.05, 0) is 24.6 Å². The molecule has 4 nitrogen and oxygen atoms in total. The monoisotopic (exact) mass is 232 g/mol. The fraction of sp³-hybridized carbons (Fsp3) is 0.308. The van der Waals surface area contributed by atoms with E-state index in [1.807, 2.05) is 25.1 Å². The van der Waals surface area contributed by atoms with Crippen molar-refractivity contribution in [1.29, 1.82) is 0 Å². The predicted molar refractivity (Wildman–Crippen MR) is 68.0 cm³/mol. The molecule has 1 aliphatic rings. The molecule has 0 aliphatic carbocycles. The molecule has 1 aromatic rings. The van der Waals surface area contributed by atoms with Crippen molar-refractivity contribution >= 4 is 17.2 Å². The minimum absolute atomic E-state index is 0.133. The SMILES string of the molecule is C=C(C)c1ccc2c(c1)OC[C@H](N)C(=O)N2C. The number of hydrogen-bond donors (Lipinski definition) is 1. The van der Waals surface area contributed by atoms with Crippen molar-refractivity contribution in [3.05, 3.63) is 30.3 Å². The molecule has 1 aromatic carbocycles. The van der Waals surface area contributed by atoms with Crippen LogP contribution < -0.4 is 15.4 Å². The van der Waals surface area contributed by atoms with Gasteiger partial charge in [0.25, 0.3) is 0 Å². The van der Waals surface area contributed by atoms with Crippen LogP contribution in [0.25, 0.3) is 5.57 Å². The molecule has 0 bridgehead atoms. The van der Waals surface area contributed by atoms with Gasteiger partial charge in [-0.15, -0.1) is 0 Å². The lowest BCUT2D eigenvalue weighted by Gasteiger charge is -2.18. The number of hydrogen-bond acceptors (Lipinski definition) is 3. The Morgan fingerprint density at radius 3 is 2.94 bits per heavy atom. The van der Waals surface area contributed by atoms with Crippen LogP contribution in [0.2, 0.25) is 0 Å². The molecule has 4 heteroatoms. The van der Waals surface area contributed by atoms with Gasteiger partial charge < -0.3 is 15.4 Å². The Morgan fingerprint density at radius 1 is 1.59 bits per heavy atom. The fourth-order valence-corrected chi connectivity index (χ4v) is 1.79. The number of carbonyl (C=O) groups excluding carboxylic acids is 1. The van der Waals surface area contributed by atoms with Crippen molar-refractivity contribution in [2.75, 3.05) is 18.6 Å². The van der Waals surface area contributed by atoms with Crippen molar-refractivity contribution in [3.63, 3.8) is 0 Å². The van der Waals surface area contributed by atoms with Crippen LogP contribution in [0, 0.1) is 0 Å². The Hall–Kier alpha value is -1.81. The first-order valence-corrected chi connectivity index (χ1v) is 5.46. The third kappa shape index (κ3) is 2.03. The molecular formula is C13H16N2O2. The van der Waals surface area contributed by atoms with Crippen LogP contribution in [0.15, 0.2) is 24.8 Å². The second kappa shape index (κ2) is 4.22. The highest BCUT2D eigenvalue weighted by Gasteiger charge is 2.26. The average Bonchev–Trinajstić information content (AvgIpc) is 2.42. The highest BCUT2D eigenvalue weighted by Crippen LogP contribution is 2.32. The van der Waals surface area contributed by atoms with Crippen molar-refractivity contribution in [2.45, 2.75) is 13.0 Å². The molecule has 2 rings (SSSR count). The number of amides is 1. The molecule has 1 heterocycles. The van der Waals surface area contributed by atoms with E-state index in [1.54, 1.807) is 7.05 Å². The predicted octanol–water partition coefficient (Wildman–Crippen LogP) is 1.40. The first-order valence-electron chi connectivity index (χ1n) is 5.46. The molecule has 0 aromatic heterocycles. The summed E-state index contributed by atoms with van der Waals surface area (Å²) in [4.78, 5) is 13.4. The van der Waals surface area contributed by atoms with E-state index < -0.39 is 6.04 Å².